The molecule has 0 bridgehead atoms. The summed E-state index contributed by atoms with van der Waals surface area (Å²) in [4.78, 5) is 27.8. The zero-order chi connectivity index (χ0) is 24.6. The third-order valence-electron chi connectivity index (χ3n) is 5.03. The molecule has 2 aromatic rings. The van der Waals surface area contributed by atoms with Crippen molar-refractivity contribution < 1.29 is 18.0 Å². The Hall–Kier alpha value is -1.85. The number of halogens is 2. The number of amides is 2. The molecular formula is C23H29ClIN3O4S. The topological polar surface area (TPSA) is 86.8 Å². The fourth-order valence-electron chi connectivity index (χ4n) is 3.32. The number of carbonyl (C=O) groups excluding carboxylic acids is 2. The Bertz CT molecular complexity index is 1060. The van der Waals surface area contributed by atoms with Crippen LogP contribution in [0.25, 0.3) is 0 Å². The Balaban J connectivity index is 2.42. The summed E-state index contributed by atoms with van der Waals surface area (Å²) in [5, 5.41) is 3.31. The lowest BCUT2D eigenvalue weighted by atomic mass is 10.1. The van der Waals surface area contributed by atoms with E-state index < -0.39 is 28.5 Å². The van der Waals surface area contributed by atoms with Gasteiger partial charge in [-0.15, -0.1) is 0 Å². The van der Waals surface area contributed by atoms with Gasteiger partial charge in [0.05, 0.1) is 11.9 Å². The number of sulfonamides is 1. The van der Waals surface area contributed by atoms with Crippen molar-refractivity contribution in [3.05, 3.63) is 62.7 Å². The lowest BCUT2D eigenvalue weighted by molar-refractivity contribution is -0.140. The van der Waals surface area contributed by atoms with Gasteiger partial charge in [0, 0.05) is 21.7 Å². The highest BCUT2D eigenvalue weighted by molar-refractivity contribution is 14.1. The van der Waals surface area contributed by atoms with Crippen LogP contribution in [0.15, 0.2) is 48.5 Å². The number of rotatable bonds is 11. The van der Waals surface area contributed by atoms with Gasteiger partial charge in [0.1, 0.15) is 12.6 Å². The molecule has 10 heteroatoms. The summed E-state index contributed by atoms with van der Waals surface area (Å²) in [6, 6.07) is 13.2. The van der Waals surface area contributed by atoms with Gasteiger partial charge in [0.15, 0.2) is 0 Å². The predicted molar refractivity (Wildman–Crippen MR) is 141 cm³/mol. The SMILES string of the molecule is CCCNC(=O)C(CC)N(Cc1ccccc1Cl)C(=O)CN(c1ccc(I)cc1)S(C)(=O)=O. The maximum Gasteiger partial charge on any atom is 0.244 e. The molecule has 0 aromatic heterocycles. The summed E-state index contributed by atoms with van der Waals surface area (Å²) >= 11 is 8.45. The van der Waals surface area contributed by atoms with Gasteiger partial charge in [-0.1, -0.05) is 43.6 Å². The minimum Gasteiger partial charge on any atom is -0.354 e. The van der Waals surface area contributed by atoms with Crippen LogP contribution >= 0.6 is 34.2 Å². The second kappa shape index (κ2) is 12.6. The Labute approximate surface area is 214 Å². The molecule has 33 heavy (non-hydrogen) atoms. The molecule has 1 atom stereocenters. The molecule has 2 amide bonds. The van der Waals surface area contributed by atoms with Gasteiger partial charge in [-0.3, -0.25) is 13.9 Å². The van der Waals surface area contributed by atoms with E-state index in [9.17, 15) is 18.0 Å². The Morgan fingerprint density at radius 1 is 1.09 bits per heavy atom. The molecule has 0 saturated carbocycles. The highest BCUT2D eigenvalue weighted by atomic mass is 127. The fourth-order valence-corrected chi connectivity index (χ4v) is 4.72. The number of carbonyl (C=O) groups is 2. The highest BCUT2D eigenvalue weighted by Gasteiger charge is 2.31. The predicted octanol–water partition coefficient (Wildman–Crippen LogP) is 4.04. The van der Waals surface area contributed by atoms with Crippen molar-refractivity contribution in [3.63, 3.8) is 0 Å². The first-order valence-corrected chi connectivity index (χ1v) is 13.9. The second-order valence-electron chi connectivity index (χ2n) is 7.57. The van der Waals surface area contributed by atoms with Crippen LogP contribution in [0.2, 0.25) is 5.02 Å². The van der Waals surface area contributed by atoms with Gasteiger partial charge in [0.25, 0.3) is 0 Å². The normalized spacial score (nSPS) is 12.2. The summed E-state index contributed by atoms with van der Waals surface area (Å²) in [6.07, 6.45) is 2.19. The molecule has 180 valence electrons. The lowest BCUT2D eigenvalue weighted by Crippen LogP contribution is -2.52. The van der Waals surface area contributed by atoms with E-state index in [2.05, 4.69) is 27.9 Å². The van der Waals surface area contributed by atoms with Crippen LogP contribution in [0.5, 0.6) is 0 Å². The molecule has 0 aliphatic carbocycles. The average Bonchev–Trinajstić information content (AvgIpc) is 2.77. The van der Waals surface area contributed by atoms with Crippen LogP contribution in [0.1, 0.15) is 32.3 Å². The second-order valence-corrected chi connectivity index (χ2v) is 11.1. The van der Waals surface area contributed by atoms with E-state index in [0.29, 0.717) is 29.2 Å². The quantitative estimate of drug-likeness (QED) is 0.392. The Kier molecular flexibility index (Phi) is 10.4. The van der Waals surface area contributed by atoms with E-state index in [-0.39, 0.29) is 12.5 Å². The van der Waals surface area contributed by atoms with Gasteiger partial charge in [-0.25, -0.2) is 8.42 Å². The number of hydrogen-bond acceptors (Lipinski definition) is 4. The smallest absolute Gasteiger partial charge is 0.244 e. The van der Waals surface area contributed by atoms with Crippen LogP contribution in [0, 0.1) is 3.57 Å². The maximum absolute atomic E-state index is 13.5. The van der Waals surface area contributed by atoms with E-state index in [1.165, 1.54) is 4.90 Å². The number of hydrogen-bond donors (Lipinski definition) is 1. The largest absolute Gasteiger partial charge is 0.354 e. The molecular weight excluding hydrogens is 577 g/mol. The third-order valence-corrected chi connectivity index (χ3v) is 7.26. The van der Waals surface area contributed by atoms with Crippen molar-refractivity contribution in [2.24, 2.45) is 0 Å². The molecule has 7 nitrogen and oxygen atoms in total. The monoisotopic (exact) mass is 605 g/mol. The van der Waals surface area contributed by atoms with Crippen LogP contribution < -0.4 is 9.62 Å². The Morgan fingerprint density at radius 2 is 1.73 bits per heavy atom. The van der Waals surface area contributed by atoms with Crippen molar-refractivity contribution >= 4 is 61.7 Å². The number of benzene rings is 2. The Morgan fingerprint density at radius 3 is 2.27 bits per heavy atom. The van der Waals surface area contributed by atoms with Gasteiger partial charge in [-0.05, 0) is 71.3 Å². The lowest BCUT2D eigenvalue weighted by Gasteiger charge is -2.33. The first-order chi connectivity index (χ1) is 15.6. The molecule has 0 aliphatic heterocycles. The third kappa shape index (κ3) is 7.86. The molecule has 1 unspecified atom stereocenters. The van der Waals surface area contributed by atoms with Crippen LogP contribution in [-0.2, 0) is 26.2 Å². The maximum atomic E-state index is 13.5. The van der Waals surface area contributed by atoms with E-state index >= 15 is 0 Å². The number of nitrogens with zero attached hydrogens (tertiary/aromatic N) is 2. The summed E-state index contributed by atoms with van der Waals surface area (Å²) < 4.78 is 27.1. The van der Waals surface area contributed by atoms with Crippen molar-refractivity contribution in [1.82, 2.24) is 10.2 Å². The van der Waals surface area contributed by atoms with Gasteiger partial charge < -0.3 is 10.2 Å². The minimum absolute atomic E-state index is 0.0842. The molecule has 2 aromatic carbocycles. The molecule has 0 spiro atoms. The molecule has 0 aliphatic rings. The molecule has 0 fully saturated rings. The van der Waals surface area contributed by atoms with Gasteiger partial charge in [0.2, 0.25) is 21.8 Å². The van der Waals surface area contributed by atoms with Gasteiger partial charge in [-0.2, -0.15) is 0 Å². The first-order valence-electron chi connectivity index (χ1n) is 10.6. The zero-order valence-corrected chi connectivity index (χ0v) is 22.7. The van der Waals surface area contributed by atoms with Crippen molar-refractivity contribution in [1.29, 1.82) is 0 Å². The molecule has 0 heterocycles. The van der Waals surface area contributed by atoms with Crippen LogP contribution in [-0.4, -0.2) is 50.5 Å². The van der Waals surface area contributed by atoms with Crippen molar-refractivity contribution in [3.8, 4) is 0 Å². The molecule has 0 saturated heterocycles. The summed E-state index contributed by atoms with van der Waals surface area (Å²) in [5.74, 6) is -0.766. The van der Waals surface area contributed by atoms with E-state index in [4.69, 9.17) is 11.6 Å². The standard InChI is InChI=1S/C23H29ClIN3O4S/c1-4-14-26-23(30)21(5-2)27(15-17-8-6-7-9-20(17)24)22(29)16-28(33(3,31)32)19-12-10-18(25)11-13-19/h6-13,21H,4-5,14-16H2,1-3H3,(H,26,30). The highest BCUT2D eigenvalue weighted by Crippen LogP contribution is 2.23. The fraction of sp³-hybridized carbons (Fsp3) is 0.391. The van der Waals surface area contributed by atoms with E-state index in [0.717, 1.165) is 20.6 Å². The van der Waals surface area contributed by atoms with Crippen LogP contribution in [0.3, 0.4) is 0 Å². The summed E-state index contributed by atoms with van der Waals surface area (Å²) in [5.41, 5.74) is 1.06. The molecule has 2 rings (SSSR count). The first kappa shape index (κ1) is 27.4. The molecule has 0 radical (unpaired) electrons. The minimum atomic E-state index is -3.75. The van der Waals surface area contributed by atoms with Gasteiger partial charge >= 0.3 is 0 Å². The zero-order valence-electron chi connectivity index (χ0n) is 18.9. The number of anilines is 1. The van der Waals surface area contributed by atoms with Crippen molar-refractivity contribution in [2.75, 3.05) is 23.7 Å². The summed E-state index contributed by atoms with van der Waals surface area (Å²) in [6.45, 7) is 3.90. The number of nitrogens with one attached hydrogen (secondary N) is 1. The summed E-state index contributed by atoms with van der Waals surface area (Å²) in [7, 11) is -3.75. The van der Waals surface area contributed by atoms with Crippen molar-refractivity contribution in [2.45, 2.75) is 39.3 Å². The average molecular weight is 606 g/mol. The van der Waals surface area contributed by atoms with Crippen LogP contribution in [0.4, 0.5) is 5.69 Å². The van der Waals surface area contributed by atoms with E-state index in [1.54, 1.807) is 48.5 Å². The van der Waals surface area contributed by atoms with E-state index in [1.807, 2.05) is 13.8 Å². The molecule has 1 N–H and O–H groups in total.